The molecule has 3 rings (SSSR count). The van der Waals surface area contributed by atoms with Crippen LogP contribution in [0.2, 0.25) is 0 Å². The summed E-state index contributed by atoms with van der Waals surface area (Å²) in [6.07, 6.45) is -9.15. The van der Waals surface area contributed by atoms with Gasteiger partial charge in [0.1, 0.15) is 0 Å². The number of para-hydroxylation sites is 1. The van der Waals surface area contributed by atoms with Gasteiger partial charge in [-0.25, -0.2) is 0 Å². The summed E-state index contributed by atoms with van der Waals surface area (Å²) >= 11 is 0. The first-order valence-electron chi connectivity index (χ1n) is 8.68. The fourth-order valence-corrected chi connectivity index (χ4v) is 3.14. The second kappa shape index (κ2) is 7.46. The molecule has 0 saturated carbocycles. The van der Waals surface area contributed by atoms with Gasteiger partial charge in [-0.1, -0.05) is 18.2 Å². The Hall–Kier alpha value is -2.96. The SMILES string of the molecule is Cc1cc(N(c2ccccc2)c2cc(C)cc(C(F)(F)F)c2)cc(C(F)(F)F)c1. The molecule has 0 aromatic heterocycles. The normalized spacial score (nSPS) is 12.1. The summed E-state index contributed by atoms with van der Waals surface area (Å²) in [5.74, 6) is 0. The summed E-state index contributed by atoms with van der Waals surface area (Å²) in [6, 6.07) is 15.2. The summed E-state index contributed by atoms with van der Waals surface area (Å²) in [6.45, 7) is 3.03. The molecule has 0 aliphatic heterocycles. The fraction of sp³-hybridized carbons (Fsp3) is 0.182. The van der Waals surface area contributed by atoms with Gasteiger partial charge in [-0.15, -0.1) is 0 Å². The van der Waals surface area contributed by atoms with Crippen molar-refractivity contribution < 1.29 is 26.3 Å². The zero-order valence-electron chi connectivity index (χ0n) is 15.6. The van der Waals surface area contributed by atoms with E-state index in [2.05, 4.69) is 0 Å². The molecular weight excluding hydrogens is 392 g/mol. The minimum absolute atomic E-state index is 0.127. The summed E-state index contributed by atoms with van der Waals surface area (Å²) in [4.78, 5) is 1.39. The van der Waals surface area contributed by atoms with Gasteiger partial charge in [-0.3, -0.25) is 0 Å². The Kier molecular flexibility index (Phi) is 5.34. The third kappa shape index (κ3) is 4.72. The Labute approximate surface area is 164 Å². The van der Waals surface area contributed by atoms with Crippen LogP contribution in [0.3, 0.4) is 0 Å². The summed E-state index contributed by atoms with van der Waals surface area (Å²) in [5.41, 5.74) is -0.331. The number of hydrogen-bond acceptors (Lipinski definition) is 1. The van der Waals surface area contributed by atoms with Crippen LogP contribution in [0.5, 0.6) is 0 Å². The molecule has 7 heteroatoms. The number of nitrogens with zero attached hydrogens (tertiary/aromatic N) is 1. The molecule has 0 spiro atoms. The van der Waals surface area contributed by atoms with Crippen LogP contribution in [0.25, 0.3) is 0 Å². The molecule has 0 heterocycles. The molecule has 3 aromatic rings. The zero-order chi connectivity index (χ0) is 21.4. The van der Waals surface area contributed by atoms with Crippen LogP contribution in [0.15, 0.2) is 66.7 Å². The molecule has 152 valence electrons. The average Bonchev–Trinajstić information content (AvgIpc) is 2.60. The molecule has 0 unspecified atom stereocenters. The van der Waals surface area contributed by atoms with Crippen molar-refractivity contribution in [3.05, 3.63) is 89.0 Å². The van der Waals surface area contributed by atoms with Gasteiger partial charge in [0, 0.05) is 17.1 Å². The van der Waals surface area contributed by atoms with E-state index in [0.29, 0.717) is 16.8 Å². The lowest BCUT2D eigenvalue weighted by atomic mass is 10.1. The molecule has 0 aliphatic rings. The lowest BCUT2D eigenvalue weighted by molar-refractivity contribution is -0.138. The van der Waals surface area contributed by atoms with Gasteiger partial charge >= 0.3 is 12.4 Å². The van der Waals surface area contributed by atoms with Crippen molar-refractivity contribution in [3.63, 3.8) is 0 Å². The van der Waals surface area contributed by atoms with E-state index in [1.807, 2.05) is 0 Å². The molecule has 0 atom stereocenters. The molecule has 0 radical (unpaired) electrons. The number of hydrogen-bond donors (Lipinski definition) is 0. The van der Waals surface area contributed by atoms with Crippen LogP contribution < -0.4 is 4.90 Å². The number of alkyl halides is 6. The monoisotopic (exact) mass is 409 g/mol. The topological polar surface area (TPSA) is 3.24 Å². The van der Waals surface area contributed by atoms with Gasteiger partial charge in [0.15, 0.2) is 0 Å². The maximum Gasteiger partial charge on any atom is 0.416 e. The van der Waals surface area contributed by atoms with E-state index in [0.717, 1.165) is 24.3 Å². The predicted octanol–water partition coefficient (Wildman–Crippen LogP) is 7.81. The van der Waals surface area contributed by atoms with Crippen LogP contribution in [0.4, 0.5) is 43.4 Å². The first-order chi connectivity index (χ1) is 13.4. The van der Waals surface area contributed by atoms with E-state index >= 15 is 0 Å². The van der Waals surface area contributed by atoms with Crippen LogP contribution >= 0.6 is 0 Å². The molecule has 0 fully saturated rings. The molecule has 0 N–H and O–H groups in total. The Balaban J connectivity index is 2.27. The van der Waals surface area contributed by atoms with Gasteiger partial charge in [-0.2, -0.15) is 26.3 Å². The van der Waals surface area contributed by atoms with Crippen LogP contribution in [-0.2, 0) is 12.4 Å². The minimum atomic E-state index is -4.58. The van der Waals surface area contributed by atoms with Crippen molar-refractivity contribution >= 4 is 17.1 Å². The molecule has 0 saturated heterocycles. The fourth-order valence-electron chi connectivity index (χ4n) is 3.14. The van der Waals surface area contributed by atoms with Crippen molar-refractivity contribution in [2.45, 2.75) is 26.2 Å². The molecule has 0 aliphatic carbocycles. The third-order valence-corrected chi connectivity index (χ3v) is 4.31. The Morgan fingerprint density at radius 2 is 0.966 bits per heavy atom. The largest absolute Gasteiger partial charge is 0.416 e. The summed E-state index contributed by atoms with van der Waals surface area (Å²) in [5, 5.41) is 0. The quantitative estimate of drug-likeness (QED) is 0.399. The first kappa shape index (κ1) is 20.8. The molecule has 29 heavy (non-hydrogen) atoms. The van der Waals surface area contributed by atoms with Crippen molar-refractivity contribution in [2.24, 2.45) is 0 Å². The maximum atomic E-state index is 13.3. The average molecular weight is 409 g/mol. The highest BCUT2D eigenvalue weighted by atomic mass is 19.4. The number of halogens is 6. The smallest absolute Gasteiger partial charge is 0.310 e. The van der Waals surface area contributed by atoms with E-state index in [-0.39, 0.29) is 11.4 Å². The molecule has 0 amide bonds. The van der Waals surface area contributed by atoms with Crippen molar-refractivity contribution in [2.75, 3.05) is 4.90 Å². The standard InChI is InChI=1S/C22H17F6N/c1-14-8-16(21(23,24)25)12-19(10-14)29(18-6-4-3-5-7-18)20-11-15(2)9-17(13-20)22(26,27)28/h3-13H,1-2H3. The summed E-state index contributed by atoms with van der Waals surface area (Å²) in [7, 11) is 0. The third-order valence-electron chi connectivity index (χ3n) is 4.31. The number of anilines is 3. The maximum absolute atomic E-state index is 13.3. The second-order valence-corrected chi connectivity index (χ2v) is 6.78. The van der Waals surface area contributed by atoms with Gasteiger partial charge in [-0.05, 0) is 73.5 Å². The highest BCUT2D eigenvalue weighted by Crippen LogP contribution is 2.41. The van der Waals surface area contributed by atoms with Crippen molar-refractivity contribution in [3.8, 4) is 0 Å². The van der Waals surface area contributed by atoms with Crippen LogP contribution in [0.1, 0.15) is 22.3 Å². The molecule has 0 bridgehead atoms. The number of aryl methyl sites for hydroxylation is 2. The molecular formula is C22H17F6N. The van der Waals surface area contributed by atoms with Crippen molar-refractivity contribution in [1.82, 2.24) is 0 Å². The van der Waals surface area contributed by atoms with Crippen molar-refractivity contribution in [1.29, 1.82) is 0 Å². The second-order valence-electron chi connectivity index (χ2n) is 6.78. The van der Waals surface area contributed by atoms with E-state index in [9.17, 15) is 26.3 Å². The van der Waals surface area contributed by atoms with E-state index in [1.165, 1.54) is 30.9 Å². The molecule has 1 nitrogen and oxygen atoms in total. The van der Waals surface area contributed by atoms with E-state index < -0.39 is 23.5 Å². The van der Waals surface area contributed by atoms with E-state index in [1.54, 1.807) is 30.3 Å². The predicted molar refractivity (Wildman–Crippen MR) is 101 cm³/mol. The first-order valence-corrected chi connectivity index (χ1v) is 8.68. The van der Waals surface area contributed by atoms with E-state index in [4.69, 9.17) is 0 Å². The van der Waals surface area contributed by atoms with Crippen LogP contribution in [0, 0.1) is 13.8 Å². The van der Waals surface area contributed by atoms with Gasteiger partial charge in [0.05, 0.1) is 11.1 Å². The number of rotatable bonds is 3. The van der Waals surface area contributed by atoms with Gasteiger partial charge in [0.25, 0.3) is 0 Å². The Morgan fingerprint density at radius 1 is 0.552 bits per heavy atom. The van der Waals surface area contributed by atoms with Gasteiger partial charge < -0.3 is 4.90 Å². The highest BCUT2D eigenvalue weighted by Gasteiger charge is 2.33. The minimum Gasteiger partial charge on any atom is -0.310 e. The zero-order valence-corrected chi connectivity index (χ0v) is 15.6. The highest BCUT2D eigenvalue weighted by molar-refractivity contribution is 5.78. The number of benzene rings is 3. The van der Waals surface area contributed by atoms with Gasteiger partial charge in [0.2, 0.25) is 0 Å². The lowest BCUT2D eigenvalue weighted by Gasteiger charge is -2.27. The Morgan fingerprint density at radius 3 is 1.34 bits per heavy atom. The lowest BCUT2D eigenvalue weighted by Crippen LogP contribution is -2.14. The Bertz CT molecular complexity index is 943. The molecule has 3 aromatic carbocycles. The summed E-state index contributed by atoms with van der Waals surface area (Å²) < 4.78 is 80.0. The van der Waals surface area contributed by atoms with Crippen LogP contribution in [-0.4, -0.2) is 0 Å².